The van der Waals surface area contributed by atoms with Gasteiger partial charge in [0.2, 0.25) is 0 Å². The lowest BCUT2D eigenvalue weighted by Crippen LogP contribution is -2.43. The highest BCUT2D eigenvalue weighted by Crippen LogP contribution is 2.44. The Morgan fingerprint density at radius 3 is 2.70 bits per heavy atom. The van der Waals surface area contributed by atoms with Crippen LogP contribution in [0.3, 0.4) is 0 Å². The van der Waals surface area contributed by atoms with Crippen LogP contribution in [0.1, 0.15) is 41.3 Å². The SMILES string of the molecule is COC(=O)c1cccc2c1CC(C(=O)OC)([C@@H](C)CC#N)CC2. The molecule has 0 aliphatic heterocycles. The molecule has 2 rings (SSSR count). The van der Waals surface area contributed by atoms with Crippen LogP contribution in [-0.2, 0) is 27.1 Å². The maximum atomic E-state index is 12.5. The summed E-state index contributed by atoms with van der Waals surface area (Å²) in [6, 6.07) is 7.66. The van der Waals surface area contributed by atoms with Crippen LogP contribution in [0.15, 0.2) is 18.2 Å². The van der Waals surface area contributed by atoms with Gasteiger partial charge in [-0.1, -0.05) is 19.1 Å². The fourth-order valence-electron chi connectivity index (χ4n) is 3.47. The van der Waals surface area contributed by atoms with Crippen molar-refractivity contribution >= 4 is 11.9 Å². The molecule has 1 aromatic carbocycles. The number of ether oxygens (including phenoxy) is 2. The van der Waals surface area contributed by atoms with Gasteiger partial charge in [0.1, 0.15) is 0 Å². The Labute approximate surface area is 136 Å². The van der Waals surface area contributed by atoms with Gasteiger partial charge in [0.25, 0.3) is 0 Å². The van der Waals surface area contributed by atoms with Gasteiger partial charge in [-0.2, -0.15) is 5.26 Å². The van der Waals surface area contributed by atoms with Crippen molar-refractivity contribution in [2.24, 2.45) is 11.3 Å². The summed E-state index contributed by atoms with van der Waals surface area (Å²) in [4.78, 5) is 24.6. The Balaban J connectivity index is 2.51. The molecule has 2 atom stereocenters. The highest BCUT2D eigenvalue weighted by Gasteiger charge is 2.47. The van der Waals surface area contributed by atoms with Crippen molar-refractivity contribution in [2.75, 3.05) is 14.2 Å². The summed E-state index contributed by atoms with van der Waals surface area (Å²) in [7, 11) is 2.71. The summed E-state index contributed by atoms with van der Waals surface area (Å²) >= 11 is 0. The van der Waals surface area contributed by atoms with E-state index in [0.29, 0.717) is 24.8 Å². The molecule has 23 heavy (non-hydrogen) atoms. The molecule has 1 aliphatic carbocycles. The molecule has 1 unspecified atom stereocenters. The highest BCUT2D eigenvalue weighted by atomic mass is 16.5. The molecular weight excluding hydrogens is 294 g/mol. The lowest BCUT2D eigenvalue weighted by atomic mass is 9.63. The van der Waals surface area contributed by atoms with E-state index in [-0.39, 0.29) is 18.3 Å². The molecule has 0 fully saturated rings. The first kappa shape index (κ1) is 17.0. The fourth-order valence-corrected chi connectivity index (χ4v) is 3.47. The van der Waals surface area contributed by atoms with E-state index in [1.165, 1.54) is 14.2 Å². The molecule has 0 spiro atoms. The molecule has 1 aromatic rings. The molecule has 0 amide bonds. The second-order valence-electron chi connectivity index (χ2n) is 6.02. The van der Waals surface area contributed by atoms with Crippen molar-refractivity contribution in [1.29, 1.82) is 5.26 Å². The smallest absolute Gasteiger partial charge is 0.338 e. The number of aryl methyl sites for hydroxylation is 1. The van der Waals surface area contributed by atoms with Crippen LogP contribution in [-0.4, -0.2) is 26.2 Å². The number of nitrogens with zero attached hydrogens (tertiary/aromatic N) is 1. The highest BCUT2D eigenvalue weighted by molar-refractivity contribution is 5.92. The van der Waals surface area contributed by atoms with Gasteiger partial charge < -0.3 is 9.47 Å². The quantitative estimate of drug-likeness (QED) is 0.798. The van der Waals surface area contributed by atoms with Gasteiger partial charge in [-0.25, -0.2) is 4.79 Å². The molecule has 5 heteroatoms. The summed E-state index contributed by atoms with van der Waals surface area (Å²) < 4.78 is 9.90. The number of nitriles is 1. The number of esters is 2. The molecule has 5 nitrogen and oxygen atoms in total. The van der Waals surface area contributed by atoms with Gasteiger partial charge in [0.15, 0.2) is 0 Å². The zero-order chi connectivity index (χ0) is 17.0. The number of hydrogen-bond acceptors (Lipinski definition) is 5. The van der Waals surface area contributed by atoms with Crippen molar-refractivity contribution in [3.63, 3.8) is 0 Å². The topological polar surface area (TPSA) is 76.4 Å². The fraction of sp³-hybridized carbons (Fsp3) is 0.500. The van der Waals surface area contributed by atoms with E-state index in [0.717, 1.165) is 11.1 Å². The molecule has 0 radical (unpaired) electrons. The number of methoxy groups -OCH3 is 2. The van der Waals surface area contributed by atoms with Gasteiger partial charge in [0.05, 0.1) is 31.3 Å². The monoisotopic (exact) mass is 315 g/mol. The first-order chi connectivity index (χ1) is 11.0. The van der Waals surface area contributed by atoms with Crippen LogP contribution in [0.4, 0.5) is 0 Å². The number of carbonyl (C=O) groups is 2. The van der Waals surface area contributed by atoms with Gasteiger partial charge in [-0.3, -0.25) is 4.79 Å². The Bertz CT molecular complexity index is 661. The molecule has 0 N–H and O–H groups in total. The van der Waals surface area contributed by atoms with E-state index in [9.17, 15) is 9.59 Å². The van der Waals surface area contributed by atoms with Crippen LogP contribution < -0.4 is 0 Å². The second-order valence-corrected chi connectivity index (χ2v) is 6.02. The van der Waals surface area contributed by atoms with Gasteiger partial charge in [-0.05, 0) is 42.4 Å². The molecule has 0 saturated heterocycles. The van der Waals surface area contributed by atoms with E-state index >= 15 is 0 Å². The van der Waals surface area contributed by atoms with E-state index in [1.54, 1.807) is 6.07 Å². The predicted molar refractivity (Wildman–Crippen MR) is 83.6 cm³/mol. The summed E-state index contributed by atoms with van der Waals surface area (Å²) in [5.41, 5.74) is 1.60. The normalized spacial score (nSPS) is 20.8. The Morgan fingerprint density at radius 2 is 2.09 bits per heavy atom. The van der Waals surface area contributed by atoms with Crippen LogP contribution >= 0.6 is 0 Å². The van der Waals surface area contributed by atoms with Crippen molar-refractivity contribution in [3.8, 4) is 6.07 Å². The van der Waals surface area contributed by atoms with Crippen LogP contribution in [0, 0.1) is 22.7 Å². The maximum Gasteiger partial charge on any atom is 0.338 e. The Morgan fingerprint density at radius 1 is 1.35 bits per heavy atom. The molecule has 122 valence electrons. The van der Waals surface area contributed by atoms with Gasteiger partial charge >= 0.3 is 11.9 Å². The van der Waals surface area contributed by atoms with E-state index < -0.39 is 11.4 Å². The van der Waals surface area contributed by atoms with Crippen molar-refractivity contribution in [3.05, 3.63) is 34.9 Å². The molecule has 1 aliphatic rings. The molecular formula is C18H21NO4. The minimum atomic E-state index is -0.776. The second kappa shape index (κ2) is 6.82. The van der Waals surface area contributed by atoms with Crippen LogP contribution in [0.25, 0.3) is 0 Å². The van der Waals surface area contributed by atoms with Crippen LogP contribution in [0.2, 0.25) is 0 Å². The van der Waals surface area contributed by atoms with Crippen molar-refractivity contribution in [1.82, 2.24) is 0 Å². The number of carbonyl (C=O) groups excluding carboxylic acids is 2. The largest absolute Gasteiger partial charge is 0.469 e. The first-order valence-corrected chi connectivity index (χ1v) is 7.64. The molecule has 0 saturated carbocycles. The summed E-state index contributed by atoms with van der Waals surface area (Å²) in [6.45, 7) is 1.89. The standard InChI is InChI=1S/C18H21NO4/c1-12(8-10-19)18(17(21)23-3)9-7-13-5-4-6-14(15(13)11-18)16(20)22-2/h4-6,12H,7-9,11H2,1-3H3/t12-,18?/m0/s1. The molecule has 0 heterocycles. The third-order valence-electron chi connectivity index (χ3n) is 4.94. The number of benzene rings is 1. The number of fused-ring (bicyclic) bond motifs is 1. The minimum absolute atomic E-state index is 0.154. The lowest BCUT2D eigenvalue weighted by Gasteiger charge is -2.40. The minimum Gasteiger partial charge on any atom is -0.469 e. The average Bonchev–Trinajstić information content (AvgIpc) is 2.59. The molecule has 0 aromatic heterocycles. The van der Waals surface area contributed by atoms with Gasteiger partial charge in [-0.15, -0.1) is 0 Å². The summed E-state index contributed by atoms with van der Waals surface area (Å²) in [6.07, 6.45) is 1.94. The zero-order valence-electron chi connectivity index (χ0n) is 13.7. The van der Waals surface area contributed by atoms with Gasteiger partial charge in [0, 0.05) is 6.42 Å². The van der Waals surface area contributed by atoms with Crippen molar-refractivity contribution < 1.29 is 19.1 Å². The van der Waals surface area contributed by atoms with E-state index in [1.807, 2.05) is 19.1 Å². The lowest BCUT2D eigenvalue weighted by molar-refractivity contribution is -0.157. The molecule has 0 bridgehead atoms. The number of rotatable bonds is 4. The first-order valence-electron chi connectivity index (χ1n) is 7.64. The zero-order valence-corrected chi connectivity index (χ0v) is 13.7. The van der Waals surface area contributed by atoms with E-state index in [2.05, 4.69) is 6.07 Å². The Hall–Kier alpha value is -2.35. The number of hydrogen-bond donors (Lipinski definition) is 0. The van der Waals surface area contributed by atoms with E-state index in [4.69, 9.17) is 14.7 Å². The maximum absolute atomic E-state index is 12.5. The summed E-state index contributed by atoms with van der Waals surface area (Å²) in [5, 5.41) is 9.04. The van der Waals surface area contributed by atoms with Crippen molar-refractivity contribution in [2.45, 2.75) is 32.6 Å². The third kappa shape index (κ3) is 2.94. The Kier molecular flexibility index (Phi) is 5.05. The third-order valence-corrected chi connectivity index (χ3v) is 4.94. The van der Waals surface area contributed by atoms with Crippen LogP contribution in [0.5, 0.6) is 0 Å². The predicted octanol–water partition coefficient (Wildman–Crippen LogP) is 2.67. The summed E-state index contributed by atoms with van der Waals surface area (Å²) in [5.74, 6) is -0.875. The average molecular weight is 315 g/mol.